The first kappa shape index (κ1) is 16.0. The second kappa shape index (κ2) is 7.05. The van der Waals surface area contributed by atoms with Crippen molar-refractivity contribution in [3.8, 4) is 5.75 Å². The largest absolute Gasteiger partial charge is 0.496 e. The monoisotopic (exact) mass is 351 g/mol. The average molecular weight is 352 g/mol. The number of hydrogen-bond donors (Lipinski definition) is 1. The fourth-order valence-electron chi connectivity index (χ4n) is 2.44. The van der Waals surface area contributed by atoms with E-state index in [0.29, 0.717) is 5.56 Å². The van der Waals surface area contributed by atoms with Crippen LogP contribution in [-0.2, 0) is 0 Å². The zero-order valence-electron chi connectivity index (χ0n) is 12.4. The number of nitrogens with one attached hydrogen (secondary N) is 1. The molecule has 2 nitrogen and oxygen atoms in total. The Morgan fingerprint density at radius 3 is 2.67 bits per heavy atom. The Hall–Kier alpha value is -1.39. The molecule has 1 N–H and O–H groups in total. The molecule has 0 amide bonds. The fourth-order valence-corrected chi connectivity index (χ4v) is 3.01. The van der Waals surface area contributed by atoms with Crippen molar-refractivity contribution in [3.63, 3.8) is 0 Å². The molecule has 0 aromatic heterocycles. The van der Waals surface area contributed by atoms with Crippen molar-refractivity contribution in [1.29, 1.82) is 0 Å². The highest BCUT2D eigenvalue weighted by molar-refractivity contribution is 9.10. The first-order chi connectivity index (χ1) is 10.1. The SMILES string of the molecule is CCNC(c1cc(C)ccc1OC)c1c(F)cccc1Br. The number of ether oxygens (including phenoxy) is 1. The summed E-state index contributed by atoms with van der Waals surface area (Å²) in [5.41, 5.74) is 2.65. The van der Waals surface area contributed by atoms with Gasteiger partial charge in [0.1, 0.15) is 11.6 Å². The minimum atomic E-state index is -0.263. The van der Waals surface area contributed by atoms with Crippen LogP contribution < -0.4 is 10.1 Å². The highest BCUT2D eigenvalue weighted by Gasteiger charge is 2.23. The quantitative estimate of drug-likeness (QED) is 0.849. The highest BCUT2D eigenvalue weighted by atomic mass is 79.9. The van der Waals surface area contributed by atoms with Crippen molar-refractivity contribution in [2.75, 3.05) is 13.7 Å². The maximum atomic E-state index is 14.3. The van der Waals surface area contributed by atoms with E-state index in [2.05, 4.69) is 21.2 Å². The molecule has 21 heavy (non-hydrogen) atoms. The lowest BCUT2D eigenvalue weighted by molar-refractivity contribution is 0.403. The van der Waals surface area contributed by atoms with Gasteiger partial charge in [0, 0.05) is 15.6 Å². The molecule has 0 aliphatic heterocycles. The third-order valence-electron chi connectivity index (χ3n) is 3.39. The molecule has 0 bridgehead atoms. The molecule has 0 radical (unpaired) electrons. The lowest BCUT2D eigenvalue weighted by atomic mass is 9.96. The number of hydrogen-bond acceptors (Lipinski definition) is 2. The van der Waals surface area contributed by atoms with E-state index in [1.807, 2.05) is 38.1 Å². The Morgan fingerprint density at radius 1 is 1.29 bits per heavy atom. The van der Waals surface area contributed by atoms with Gasteiger partial charge in [-0.2, -0.15) is 0 Å². The molecule has 112 valence electrons. The zero-order valence-corrected chi connectivity index (χ0v) is 14.0. The van der Waals surface area contributed by atoms with Crippen LogP contribution in [0.15, 0.2) is 40.9 Å². The summed E-state index contributed by atoms with van der Waals surface area (Å²) in [7, 11) is 1.63. The normalized spacial score (nSPS) is 12.2. The minimum absolute atomic E-state index is 0.237. The summed E-state index contributed by atoms with van der Waals surface area (Å²) in [6.45, 7) is 4.74. The van der Waals surface area contributed by atoms with E-state index in [1.54, 1.807) is 13.2 Å². The van der Waals surface area contributed by atoms with Crippen LogP contribution in [0.25, 0.3) is 0 Å². The molecule has 0 saturated heterocycles. The van der Waals surface area contributed by atoms with Crippen LogP contribution in [0, 0.1) is 12.7 Å². The lowest BCUT2D eigenvalue weighted by Crippen LogP contribution is -2.24. The molecular weight excluding hydrogens is 333 g/mol. The maximum Gasteiger partial charge on any atom is 0.129 e. The first-order valence-corrected chi connectivity index (χ1v) is 7.69. The summed E-state index contributed by atoms with van der Waals surface area (Å²) >= 11 is 3.46. The fraction of sp³-hybridized carbons (Fsp3) is 0.294. The van der Waals surface area contributed by atoms with E-state index < -0.39 is 0 Å². The van der Waals surface area contributed by atoms with E-state index in [1.165, 1.54) is 6.07 Å². The van der Waals surface area contributed by atoms with Gasteiger partial charge in [0.15, 0.2) is 0 Å². The Bertz CT molecular complexity index is 610. The van der Waals surface area contributed by atoms with Crippen molar-refractivity contribution < 1.29 is 9.13 Å². The molecule has 0 heterocycles. The predicted octanol–water partition coefficient (Wildman–Crippen LogP) is 4.60. The summed E-state index contributed by atoms with van der Waals surface area (Å²) in [5, 5.41) is 3.35. The predicted molar refractivity (Wildman–Crippen MR) is 87.4 cm³/mol. The van der Waals surface area contributed by atoms with Gasteiger partial charge in [-0.1, -0.05) is 46.6 Å². The number of halogens is 2. The van der Waals surface area contributed by atoms with Crippen molar-refractivity contribution >= 4 is 15.9 Å². The van der Waals surface area contributed by atoms with Crippen molar-refractivity contribution in [2.45, 2.75) is 19.9 Å². The van der Waals surface area contributed by atoms with Gasteiger partial charge in [-0.25, -0.2) is 4.39 Å². The first-order valence-electron chi connectivity index (χ1n) is 6.90. The molecule has 0 aliphatic carbocycles. The molecule has 2 aromatic carbocycles. The number of rotatable bonds is 5. The molecule has 0 spiro atoms. The van der Waals surface area contributed by atoms with Gasteiger partial charge in [-0.3, -0.25) is 0 Å². The third kappa shape index (κ3) is 3.44. The van der Waals surface area contributed by atoms with Crippen LogP contribution >= 0.6 is 15.9 Å². The van der Waals surface area contributed by atoms with E-state index in [9.17, 15) is 4.39 Å². The van der Waals surface area contributed by atoms with Crippen LogP contribution in [0.2, 0.25) is 0 Å². The highest BCUT2D eigenvalue weighted by Crippen LogP contribution is 2.35. The van der Waals surface area contributed by atoms with Gasteiger partial charge >= 0.3 is 0 Å². The average Bonchev–Trinajstić information content (AvgIpc) is 2.46. The van der Waals surface area contributed by atoms with Gasteiger partial charge in [-0.15, -0.1) is 0 Å². The summed E-state index contributed by atoms with van der Waals surface area (Å²) in [5.74, 6) is 0.514. The summed E-state index contributed by atoms with van der Waals surface area (Å²) < 4.78 is 20.5. The van der Waals surface area contributed by atoms with E-state index >= 15 is 0 Å². The summed E-state index contributed by atoms with van der Waals surface area (Å²) in [6, 6.07) is 10.7. The third-order valence-corrected chi connectivity index (χ3v) is 4.08. The minimum Gasteiger partial charge on any atom is -0.496 e. The molecule has 2 aromatic rings. The van der Waals surface area contributed by atoms with Crippen molar-refractivity contribution in [3.05, 3.63) is 63.4 Å². The molecule has 0 fully saturated rings. The van der Waals surface area contributed by atoms with Gasteiger partial charge < -0.3 is 10.1 Å². The molecule has 0 aliphatic rings. The van der Waals surface area contributed by atoms with Crippen LogP contribution in [-0.4, -0.2) is 13.7 Å². The van der Waals surface area contributed by atoms with Gasteiger partial charge in [-0.05, 0) is 31.7 Å². The van der Waals surface area contributed by atoms with Crippen LogP contribution in [0.4, 0.5) is 4.39 Å². The zero-order chi connectivity index (χ0) is 15.4. The summed E-state index contributed by atoms with van der Waals surface area (Å²) in [4.78, 5) is 0. The van der Waals surface area contributed by atoms with Crippen LogP contribution in [0.5, 0.6) is 5.75 Å². The van der Waals surface area contributed by atoms with E-state index in [4.69, 9.17) is 4.74 Å². The van der Waals surface area contributed by atoms with Crippen molar-refractivity contribution in [1.82, 2.24) is 5.32 Å². The molecule has 1 atom stereocenters. The van der Waals surface area contributed by atoms with E-state index in [-0.39, 0.29) is 11.9 Å². The lowest BCUT2D eigenvalue weighted by Gasteiger charge is -2.23. The topological polar surface area (TPSA) is 21.3 Å². The van der Waals surface area contributed by atoms with Crippen LogP contribution in [0.3, 0.4) is 0 Å². The molecular formula is C17H19BrFNO. The Kier molecular flexibility index (Phi) is 5.37. The molecule has 4 heteroatoms. The second-order valence-corrected chi connectivity index (χ2v) is 5.73. The number of methoxy groups -OCH3 is 1. The Morgan fingerprint density at radius 2 is 2.05 bits per heavy atom. The smallest absolute Gasteiger partial charge is 0.129 e. The van der Waals surface area contributed by atoms with Gasteiger partial charge in [0.2, 0.25) is 0 Å². The molecule has 2 rings (SSSR count). The Labute approximate surface area is 133 Å². The number of aryl methyl sites for hydroxylation is 1. The van der Waals surface area contributed by atoms with Crippen LogP contribution in [0.1, 0.15) is 29.7 Å². The maximum absolute atomic E-state index is 14.3. The summed E-state index contributed by atoms with van der Waals surface area (Å²) in [6.07, 6.45) is 0. The second-order valence-electron chi connectivity index (χ2n) is 4.87. The van der Waals surface area contributed by atoms with Gasteiger partial charge in [0.05, 0.1) is 13.2 Å². The van der Waals surface area contributed by atoms with E-state index in [0.717, 1.165) is 27.9 Å². The van der Waals surface area contributed by atoms with Gasteiger partial charge in [0.25, 0.3) is 0 Å². The molecule has 0 saturated carbocycles. The van der Waals surface area contributed by atoms with Crippen molar-refractivity contribution in [2.24, 2.45) is 0 Å². The Balaban J connectivity index is 2.61. The number of benzene rings is 2. The standard InChI is InChI=1S/C17H19BrFNO/c1-4-20-17(16-13(18)6-5-7-14(16)19)12-10-11(2)8-9-15(12)21-3/h5-10,17,20H,4H2,1-3H3. The molecule has 1 unspecified atom stereocenters.